The zero-order valence-electron chi connectivity index (χ0n) is 17.5. The van der Waals surface area contributed by atoms with Crippen LogP contribution in [0.15, 0.2) is 21.8 Å². The Morgan fingerprint density at radius 1 is 1.25 bits per heavy atom. The Kier molecular flexibility index (Phi) is 11.1. The van der Waals surface area contributed by atoms with Crippen LogP contribution in [-0.4, -0.2) is 67.6 Å². The van der Waals surface area contributed by atoms with Crippen LogP contribution < -0.4 is 10.6 Å². The molecule has 0 unspecified atom stereocenters. The van der Waals surface area contributed by atoms with Crippen molar-refractivity contribution in [1.82, 2.24) is 20.4 Å². The van der Waals surface area contributed by atoms with Crippen molar-refractivity contribution in [3.8, 4) is 0 Å². The minimum absolute atomic E-state index is 0. The number of piperidine rings is 1. The molecule has 5 nitrogen and oxygen atoms in total. The Balaban J connectivity index is 0.00000280. The summed E-state index contributed by atoms with van der Waals surface area (Å²) in [4.78, 5) is 9.91. The molecule has 0 amide bonds. The molecule has 160 valence electrons. The number of likely N-dealkylation sites (N-methyl/N-ethyl adjacent to an activating group) is 1. The second-order valence-electron chi connectivity index (χ2n) is 8.01. The predicted molar refractivity (Wildman–Crippen MR) is 132 cm³/mol. The monoisotopic (exact) mass is 519 g/mol. The van der Waals surface area contributed by atoms with Gasteiger partial charge in [0.25, 0.3) is 0 Å². The molecule has 28 heavy (non-hydrogen) atoms. The summed E-state index contributed by atoms with van der Waals surface area (Å²) in [5.41, 5.74) is 1.45. The van der Waals surface area contributed by atoms with Crippen molar-refractivity contribution in [2.45, 2.75) is 64.1 Å². The van der Waals surface area contributed by atoms with Gasteiger partial charge in [-0.05, 0) is 62.0 Å². The van der Waals surface area contributed by atoms with Crippen molar-refractivity contribution in [3.05, 3.63) is 22.4 Å². The molecular formula is C21H38IN5S. The number of thiophene rings is 1. The molecule has 1 saturated carbocycles. The normalized spacial score (nSPS) is 19.8. The smallest absolute Gasteiger partial charge is 0.191 e. The Bertz CT molecular complexity index is 551. The molecule has 0 aromatic carbocycles. The second kappa shape index (κ2) is 13.0. The van der Waals surface area contributed by atoms with Gasteiger partial charge >= 0.3 is 0 Å². The molecule has 1 aliphatic heterocycles. The lowest BCUT2D eigenvalue weighted by Gasteiger charge is -2.33. The number of guanidine groups is 1. The summed E-state index contributed by atoms with van der Waals surface area (Å²) in [6.45, 7) is 8.42. The SMILES string of the molecule is CCNC(=NCCN(C)C1CCCC1)NC1CCN(Cc2ccsc2)CC1.I. The molecule has 0 atom stereocenters. The molecule has 7 heteroatoms. The summed E-state index contributed by atoms with van der Waals surface area (Å²) in [5, 5.41) is 11.5. The third kappa shape index (κ3) is 7.80. The Morgan fingerprint density at radius 2 is 2.00 bits per heavy atom. The fraction of sp³-hybridized carbons (Fsp3) is 0.762. The maximum Gasteiger partial charge on any atom is 0.191 e. The minimum atomic E-state index is 0. The molecule has 2 fully saturated rings. The van der Waals surface area contributed by atoms with E-state index >= 15 is 0 Å². The topological polar surface area (TPSA) is 42.9 Å². The highest BCUT2D eigenvalue weighted by Gasteiger charge is 2.21. The number of rotatable bonds is 8. The van der Waals surface area contributed by atoms with Crippen LogP contribution in [0.3, 0.4) is 0 Å². The number of halogens is 1. The van der Waals surface area contributed by atoms with Gasteiger partial charge in [-0.1, -0.05) is 12.8 Å². The summed E-state index contributed by atoms with van der Waals surface area (Å²) in [6, 6.07) is 3.56. The maximum absolute atomic E-state index is 4.84. The number of likely N-dealkylation sites (tertiary alicyclic amines) is 1. The van der Waals surface area contributed by atoms with Crippen molar-refractivity contribution in [1.29, 1.82) is 0 Å². The van der Waals surface area contributed by atoms with Gasteiger partial charge < -0.3 is 15.5 Å². The summed E-state index contributed by atoms with van der Waals surface area (Å²) in [5.74, 6) is 0.994. The Labute approximate surface area is 192 Å². The van der Waals surface area contributed by atoms with Gasteiger partial charge in [0.2, 0.25) is 0 Å². The average molecular weight is 520 g/mol. The van der Waals surface area contributed by atoms with Crippen molar-refractivity contribution in [2.75, 3.05) is 39.8 Å². The van der Waals surface area contributed by atoms with Crippen molar-refractivity contribution >= 4 is 41.3 Å². The van der Waals surface area contributed by atoms with Crippen LogP contribution >= 0.6 is 35.3 Å². The number of hydrogen-bond donors (Lipinski definition) is 2. The van der Waals surface area contributed by atoms with Gasteiger partial charge in [0.05, 0.1) is 6.54 Å². The third-order valence-electron chi connectivity index (χ3n) is 5.93. The number of nitrogens with one attached hydrogen (secondary N) is 2. The highest BCUT2D eigenvalue weighted by molar-refractivity contribution is 14.0. The molecule has 1 aromatic rings. The minimum Gasteiger partial charge on any atom is -0.357 e. The molecule has 1 aliphatic carbocycles. The lowest BCUT2D eigenvalue weighted by molar-refractivity contribution is 0.198. The zero-order chi connectivity index (χ0) is 18.9. The van der Waals surface area contributed by atoms with E-state index in [0.29, 0.717) is 6.04 Å². The van der Waals surface area contributed by atoms with E-state index in [2.05, 4.69) is 51.2 Å². The first kappa shape index (κ1) is 23.9. The fourth-order valence-corrected chi connectivity index (χ4v) is 4.90. The first-order chi connectivity index (χ1) is 13.2. The quantitative estimate of drug-likeness (QED) is 0.312. The zero-order valence-corrected chi connectivity index (χ0v) is 20.7. The van der Waals surface area contributed by atoms with Gasteiger partial charge in [-0.15, -0.1) is 24.0 Å². The molecule has 0 bridgehead atoms. The van der Waals surface area contributed by atoms with Crippen LogP contribution in [0.25, 0.3) is 0 Å². The molecule has 1 aromatic heterocycles. The Morgan fingerprint density at radius 3 is 2.64 bits per heavy atom. The van der Waals surface area contributed by atoms with Crippen LogP contribution in [0.5, 0.6) is 0 Å². The molecule has 0 spiro atoms. The lowest BCUT2D eigenvalue weighted by atomic mass is 10.0. The lowest BCUT2D eigenvalue weighted by Crippen LogP contribution is -2.48. The van der Waals surface area contributed by atoms with Crippen LogP contribution in [0.4, 0.5) is 0 Å². The maximum atomic E-state index is 4.84. The molecule has 2 N–H and O–H groups in total. The van der Waals surface area contributed by atoms with Crippen molar-refractivity contribution in [2.24, 2.45) is 4.99 Å². The number of hydrogen-bond acceptors (Lipinski definition) is 4. The highest BCUT2D eigenvalue weighted by Crippen LogP contribution is 2.22. The van der Waals surface area contributed by atoms with Crippen molar-refractivity contribution in [3.63, 3.8) is 0 Å². The van der Waals surface area contributed by atoms with Crippen LogP contribution in [0.1, 0.15) is 51.0 Å². The van der Waals surface area contributed by atoms with E-state index in [0.717, 1.165) is 51.3 Å². The number of aliphatic imine (C=N–C) groups is 1. The van der Waals surface area contributed by atoms with Gasteiger partial charge in [-0.25, -0.2) is 0 Å². The first-order valence-electron chi connectivity index (χ1n) is 10.7. The second-order valence-corrected chi connectivity index (χ2v) is 8.79. The van der Waals surface area contributed by atoms with E-state index < -0.39 is 0 Å². The summed E-state index contributed by atoms with van der Waals surface area (Å²) in [6.07, 6.45) is 7.90. The average Bonchev–Trinajstić information content (AvgIpc) is 3.37. The van der Waals surface area contributed by atoms with Gasteiger partial charge in [0.15, 0.2) is 5.96 Å². The Hall–Kier alpha value is -0.380. The third-order valence-corrected chi connectivity index (χ3v) is 6.66. The van der Waals surface area contributed by atoms with Gasteiger partial charge in [0, 0.05) is 44.8 Å². The van der Waals surface area contributed by atoms with E-state index in [9.17, 15) is 0 Å². The molecule has 1 saturated heterocycles. The van der Waals surface area contributed by atoms with E-state index in [1.54, 1.807) is 11.3 Å². The summed E-state index contributed by atoms with van der Waals surface area (Å²) in [7, 11) is 2.26. The first-order valence-corrected chi connectivity index (χ1v) is 11.7. The largest absolute Gasteiger partial charge is 0.357 e. The standard InChI is InChI=1S/C21H37N5S.HI/c1-3-22-21(23-11-14-25(2)20-6-4-5-7-20)24-19-8-12-26(13-9-19)16-18-10-15-27-17-18;/h10,15,17,19-20H,3-9,11-14,16H2,1-2H3,(H2,22,23,24);1H. The van der Waals surface area contributed by atoms with Gasteiger partial charge in [0.1, 0.15) is 0 Å². The summed E-state index contributed by atoms with van der Waals surface area (Å²) >= 11 is 1.79. The highest BCUT2D eigenvalue weighted by atomic mass is 127. The van der Waals surface area contributed by atoms with Crippen molar-refractivity contribution < 1.29 is 0 Å². The molecular weight excluding hydrogens is 481 g/mol. The van der Waals surface area contributed by atoms with Crippen LogP contribution in [-0.2, 0) is 6.54 Å². The van der Waals surface area contributed by atoms with Crippen LogP contribution in [0.2, 0.25) is 0 Å². The van der Waals surface area contributed by atoms with E-state index in [1.165, 1.54) is 44.1 Å². The van der Waals surface area contributed by atoms with Gasteiger partial charge in [-0.3, -0.25) is 9.89 Å². The fourth-order valence-electron chi connectivity index (χ4n) is 4.24. The van der Waals surface area contributed by atoms with E-state index in [1.807, 2.05) is 0 Å². The molecule has 0 radical (unpaired) electrons. The van der Waals surface area contributed by atoms with E-state index in [-0.39, 0.29) is 24.0 Å². The van der Waals surface area contributed by atoms with Gasteiger partial charge in [-0.2, -0.15) is 11.3 Å². The molecule has 2 heterocycles. The van der Waals surface area contributed by atoms with E-state index in [4.69, 9.17) is 4.99 Å². The predicted octanol–water partition coefficient (Wildman–Crippen LogP) is 3.76. The number of nitrogens with zero attached hydrogens (tertiary/aromatic N) is 3. The summed E-state index contributed by atoms with van der Waals surface area (Å²) < 4.78 is 0. The molecule has 2 aliphatic rings. The molecule has 3 rings (SSSR count). The van der Waals surface area contributed by atoms with Crippen LogP contribution in [0, 0.1) is 0 Å².